The molecule has 2 rings (SSSR count). The Bertz CT molecular complexity index is 748. The van der Waals surface area contributed by atoms with E-state index in [9.17, 15) is 0 Å². The normalized spacial score (nSPS) is 11.1. The van der Waals surface area contributed by atoms with Crippen LogP contribution in [0, 0.1) is 0 Å². The molecular weight excluding hydrogens is 342 g/mol. The third-order valence-corrected chi connectivity index (χ3v) is 4.14. The van der Waals surface area contributed by atoms with E-state index in [0.29, 0.717) is 23.8 Å². The fourth-order valence-electron chi connectivity index (χ4n) is 2.85. The van der Waals surface area contributed by atoms with Gasteiger partial charge in [0.25, 0.3) is 0 Å². The third kappa shape index (κ3) is 5.29. The highest BCUT2D eigenvalue weighted by atomic mass is 16.5. The van der Waals surface area contributed by atoms with Crippen LogP contribution in [0.1, 0.15) is 18.1 Å². The van der Waals surface area contributed by atoms with Gasteiger partial charge in [0.05, 0.1) is 27.9 Å². The van der Waals surface area contributed by atoms with Crippen LogP contribution in [-0.4, -0.2) is 45.8 Å². The Hall–Kier alpha value is -2.89. The highest BCUT2D eigenvalue weighted by Gasteiger charge is 2.16. The van der Waals surface area contributed by atoms with E-state index < -0.39 is 0 Å². The summed E-state index contributed by atoms with van der Waals surface area (Å²) in [5.74, 6) is 2.69. The largest absolute Gasteiger partial charge is 0.493 e. The number of guanidine groups is 1. The van der Waals surface area contributed by atoms with Crippen LogP contribution in [0.15, 0.2) is 47.5 Å². The molecule has 0 aromatic heterocycles. The molecule has 27 heavy (non-hydrogen) atoms. The lowest BCUT2D eigenvalue weighted by Crippen LogP contribution is -2.38. The number of methoxy groups -OCH3 is 3. The van der Waals surface area contributed by atoms with Crippen molar-refractivity contribution in [1.29, 1.82) is 0 Å². The number of aliphatic imine (C=N–C) groups is 1. The number of nitrogens with zero attached hydrogens (tertiary/aromatic N) is 2. The molecule has 2 aromatic carbocycles. The van der Waals surface area contributed by atoms with Gasteiger partial charge >= 0.3 is 0 Å². The Kier molecular flexibility index (Phi) is 7.79. The minimum atomic E-state index is 0.463. The third-order valence-electron chi connectivity index (χ3n) is 4.14. The smallest absolute Gasteiger partial charge is 0.203 e. The summed E-state index contributed by atoms with van der Waals surface area (Å²) in [5, 5.41) is 3.34. The van der Waals surface area contributed by atoms with Crippen molar-refractivity contribution in [1.82, 2.24) is 10.2 Å². The molecule has 0 fully saturated rings. The number of rotatable bonds is 8. The van der Waals surface area contributed by atoms with Crippen LogP contribution in [-0.2, 0) is 13.1 Å². The van der Waals surface area contributed by atoms with Gasteiger partial charge in [-0.05, 0) is 24.6 Å². The lowest BCUT2D eigenvalue weighted by atomic mass is 10.1. The SMILES string of the molecule is CCNC(=NCc1ccc(OC)c(OC)c1OC)N(C)Cc1ccccc1. The summed E-state index contributed by atoms with van der Waals surface area (Å²) in [4.78, 5) is 6.88. The Labute approximate surface area is 161 Å². The lowest BCUT2D eigenvalue weighted by Gasteiger charge is -2.22. The Morgan fingerprint density at radius 2 is 1.67 bits per heavy atom. The number of hydrogen-bond donors (Lipinski definition) is 1. The predicted octanol–water partition coefficient (Wildman–Crippen LogP) is 3.31. The molecule has 1 N–H and O–H groups in total. The summed E-state index contributed by atoms with van der Waals surface area (Å²) in [6.45, 7) is 4.09. The topological polar surface area (TPSA) is 55.3 Å². The monoisotopic (exact) mass is 371 g/mol. The molecule has 0 aliphatic rings. The zero-order chi connectivity index (χ0) is 19.6. The van der Waals surface area contributed by atoms with Crippen molar-refractivity contribution in [3.8, 4) is 17.2 Å². The van der Waals surface area contributed by atoms with Crippen LogP contribution in [0.5, 0.6) is 17.2 Å². The van der Waals surface area contributed by atoms with E-state index in [2.05, 4.69) is 29.3 Å². The Morgan fingerprint density at radius 1 is 0.963 bits per heavy atom. The number of benzene rings is 2. The van der Waals surface area contributed by atoms with Crippen LogP contribution in [0.25, 0.3) is 0 Å². The summed E-state index contributed by atoms with van der Waals surface area (Å²) >= 11 is 0. The Balaban J connectivity index is 2.23. The van der Waals surface area contributed by atoms with E-state index in [1.54, 1.807) is 21.3 Å². The molecule has 0 aliphatic heterocycles. The highest BCUT2D eigenvalue weighted by Crippen LogP contribution is 2.39. The molecule has 6 heteroatoms. The fourth-order valence-corrected chi connectivity index (χ4v) is 2.85. The molecule has 0 atom stereocenters. The first-order valence-corrected chi connectivity index (χ1v) is 8.95. The van der Waals surface area contributed by atoms with Crippen molar-refractivity contribution in [2.24, 2.45) is 4.99 Å². The zero-order valence-corrected chi connectivity index (χ0v) is 16.8. The molecule has 0 unspecified atom stereocenters. The first kappa shape index (κ1) is 20.4. The molecule has 0 saturated carbocycles. The van der Waals surface area contributed by atoms with Gasteiger partial charge in [-0.1, -0.05) is 30.3 Å². The molecule has 0 heterocycles. The van der Waals surface area contributed by atoms with Gasteiger partial charge in [-0.15, -0.1) is 0 Å². The van der Waals surface area contributed by atoms with Gasteiger partial charge in [0, 0.05) is 25.7 Å². The van der Waals surface area contributed by atoms with E-state index in [1.165, 1.54) is 5.56 Å². The van der Waals surface area contributed by atoms with Crippen molar-refractivity contribution >= 4 is 5.96 Å². The number of nitrogens with one attached hydrogen (secondary N) is 1. The van der Waals surface area contributed by atoms with Crippen LogP contribution in [0.2, 0.25) is 0 Å². The molecule has 0 amide bonds. The molecule has 2 aromatic rings. The van der Waals surface area contributed by atoms with Crippen LogP contribution < -0.4 is 19.5 Å². The van der Waals surface area contributed by atoms with Gasteiger partial charge in [0.1, 0.15) is 0 Å². The summed E-state index contributed by atoms with van der Waals surface area (Å²) < 4.78 is 16.3. The van der Waals surface area contributed by atoms with Crippen molar-refractivity contribution in [2.45, 2.75) is 20.0 Å². The van der Waals surface area contributed by atoms with Crippen molar-refractivity contribution in [3.05, 3.63) is 53.6 Å². The first-order valence-electron chi connectivity index (χ1n) is 8.95. The second kappa shape index (κ2) is 10.3. The summed E-state index contributed by atoms with van der Waals surface area (Å²) in [5.41, 5.74) is 2.16. The minimum Gasteiger partial charge on any atom is -0.493 e. The molecule has 146 valence electrons. The summed E-state index contributed by atoms with van der Waals surface area (Å²) in [6, 6.07) is 14.1. The standard InChI is InChI=1S/C21H29N3O3/c1-6-22-21(24(2)15-16-10-8-7-9-11-16)23-14-17-12-13-18(25-3)20(27-5)19(17)26-4/h7-13H,6,14-15H2,1-5H3,(H,22,23). The molecular formula is C21H29N3O3. The lowest BCUT2D eigenvalue weighted by molar-refractivity contribution is 0.322. The fraction of sp³-hybridized carbons (Fsp3) is 0.381. The number of hydrogen-bond acceptors (Lipinski definition) is 4. The van der Waals surface area contributed by atoms with E-state index in [0.717, 1.165) is 24.6 Å². The molecule has 0 saturated heterocycles. The van der Waals surface area contributed by atoms with Gasteiger partial charge in [0.2, 0.25) is 5.75 Å². The Morgan fingerprint density at radius 3 is 2.26 bits per heavy atom. The second-order valence-electron chi connectivity index (χ2n) is 6.01. The van der Waals surface area contributed by atoms with Gasteiger partial charge in [-0.2, -0.15) is 0 Å². The quantitative estimate of drug-likeness (QED) is 0.570. The van der Waals surface area contributed by atoms with Gasteiger partial charge < -0.3 is 24.4 Å². The second-order valence-corrected chi connectivity index (χ2v) is 6.01. The summed E-state index contributed by atoms with van der Waals surface area (Å²) in [6.07, 6.45) is 0. The maximum atomic E-state index is 5.55. The first-order chi connectivity index (χ1) is 13.1. The minimum absolute atomic E-state index is 0.463. The van der Waals surface area contributed by atoms with E-state index >= 15 is 0 Å². The van der Waals surface area contributed by atoms with Gasteiger partial charge in [0.15, 0.2) is 17.5 Å². The average Bonchev–Trinajstić information content (AvgIpc) is 2.70. The molecule has 0 spiro atoms. The van der Waals surface area contributed by atoms with Crippen molar-refractivity contribution in [2.75, 3.05) is 34.9 Å². The average molecular weight is 371 g/mol. The molecule has 0 aliphatic carbocycles. The maximum Gasteiger partial charge on any atom is 0.203 e. The highest BCUT2D eigenvalue weighted by molar-refractivity contribution is 5.79. The van der Waals surface area contributed by atoms with Gasteiger partial charge in [-0.25, -0.2) is 4.99 Å². The molecule has 0 bridgehead atoms. The van der Waals surface area contributed by atoms with Crippen LogP contribution in [0.3, 0.4) is 0 Å². The van der Waals surface area contributed by atoms with Crippen LogP contribution >= 0.6 is 0 Å². The summed E-state index contributed by atoms with van der Waals surface area (Å²) in [7, 11) is 6.86. The number of ether oxygens (including phenoxy) is 3. The van der Waals surface area contributed by atoms with E-state index in [-0.39, 0.29) is 0 Å². The molecule has 6 nitrogen and oxygen atoms in total. The van der Waals surface area contributed by atoms with Crippen molar-refractivity contribution < 1.29 is 14.2 Å². The molecule has 0 radical (unpaired) electrons. The van der Waals surface area contributed by atoms with E-state index in [4.69, 9.17) is 19.2 Å². The zero-order valence-electron chi connectivity index (χ0n) is 16.8. The van der Waals surface area contributed by atoms with E-state index in [1.807, 2.05) is 37.4 Å². The maximum absolute atomic E-state index is 5.55. The van der Waals surface area contributed by atoms with Crippen LogP contribution in [0.4, 0.5) is 0 Å². The predicted molar refractivity (Wildman–Crippen MR) is 109 cm³/mol. The van der Waals surface area contributed by atoms with Crippen molar-refractivity contribution in [3.63, 3.8) is 0 Å². The van der Waals surface area contributed by atoms with Gasteiger partial charge in [-0.3, -0.25) is 0 Å².